The maximum Gasteiger partial charge on any atom is 0.318 e. The highest BCUT2D eigenvalue weighted by Gasteiger charge is 2.24. The molecule has 0 saturated carbocycles. The van der Waals surface area contributed by atoms with Gasteiger partial charge in [0.05, 0.1) is 0 Å². The molecule has 3 amide bonds. The highest BCUT2D eigenvalue weighted by atomic mass is 16.2. The largest absolute Gasteiger partial charge is 0.353 e. The number of piperazine rings is 1. The number of pyridine rings is 1. The van der Waals surface area contributed by atoms with E-state index in [2.05, 4.69) is 20.5 Å². The Labute approximate surface area is 169 Å². The lowest BCUT2D eigenvalue weighted by Gasteiger charge is -2.35. The maximum absolute atomic E-state index is 12.5. The molecule has 0 unspecified atom stereocenters. The Morgan fingerprint density at radius 1 is 1.03 bits per heavy atom. The normalized spacial score (nSPS) is 14.8. The van der Waals surface area contributed by atoms with Gasteiger partial charge in [0, 0.05) is 43.6 Å². The quantitative estimate of drug-likeness (QED) is 0.757. The van der Waals surface area contributed by atoms with Crippen molar-refractivity contribution < 1.29 is 14.4 Å². The number of anilines is 2. The number of Topliss-reactive ketones (excluding diaryl/α,β-unsaturated/α-hetero) is 1. The van der Waals surface area contributed by atoms with Gasteiger partial charge in [-0.1, -0.05) is 18.2 Å². The summed E-state index contributed by atoms with van der Waals surface area (Å²) in [7, 11) is 0. The maximum atomic E-state index is 12.5. The number of ketones is 1. The number of nitrogens with one attached hydrogen (secondary N) is 2. The molecule has 1 aromatic heterocycles. The van der Waals surface area contributed by atoms with E-state index in [1.807, 2.05) is 18.2 Å². The zero-order valence-corrected chi connectivity index (χ0v) is 16.6. The van der Waals surface area contributed by atoms with E-state index >= 15 is 0 Å². The summed E-state index contributed by atoms with van der Waals surface area (Å²) in [6, 6.07) is 11.5. The molecule has 3 rings (SSSR count). The number of amides is 3. The number of hydrogen-bond donors (Lipinski definition) is 2. The molecule has 8 heteroatoms. The molecule has 1 saturated heterocycles. The number of carbonyl (C=O) groups excluding carboxylic acids is 3. The molecule has 1 atom stereocenters. The number of benzene rings is 1. The van der Waals surface area contributed by atoms with Crippen LogP contribution in [0.4, 0.5) is 16.3 Å². The van der Waals surface area contributed by atoms with Crippen molar-refractivity contribution in [3.8, 4) is 0 Å². The summed E-state index contributed by atoms with van der Waals surface area (Å²) in [5, 5.41) is 5.47. The first kappa shape index (κ1) is 20.3. The fourth-order valence-corrected chi connectivity index (χ4v) is 3.09. The Morgan fingerprint density at radius 3 is 2.45 bits per heavy atom. The second kappa shape index (κ2) is 9.18. The van der Waals surface area contributed by atoms with Crippen LogP contribution in [-0.2, 0) is 4.79 Å². The third-order valence-corrected chi connectivity index (χ3v) is 4.81. The Balaban J connectivity index is 1.49. The fourth-order valence-electron chi connectivity index (χ4n) is 3.09. The van der Waals surface area contributed by atoms with Crippen LogP contribution in [0.5, 0.6) is 0 Å². The van der Waals surface area contributed by atoms with E-state index in [4.69, 9.17) is 0 Å². The third kappa shape index (κ3) is 5.31. The highest BCUT2D eigenvalue weighted by Crippen LogP contribution is 2.13. The van der Waals surface area contributed by atoms with Crippen molar-refractivity contribution in [1.29, 1.82) is 0 Å². The molecule has 2 N–H and O–H groups in total. The van der Waals surface area contributed by atoms with Crippen LogP contribution in [0.2, 0.25) is 0 Å². The van der Waals surface area contributed by atoms with Crippen LogP contribution in [0.15, 0.2) is 48.7 Å². The highest BCUT2D eigenvalue weighted by molar-refractivity contribution is 5.99. The molecule has 2 aromatic rings. The summed E-state index contributed by atoms with van der Waals surface area (Å²) in [5.74, 6) is 0.478. The fraction of sp³-hybridized carbons (Fsp3) is 0.333. The molecule has 8 nitrogen and oxygen atoms in total. The van der Waals surface area contributed by atoms with Crippen LogP contribution >= 0.6 is 0 Å². The van der Waals surface area contributed by atoms with Crippen molar-refractivity contribution >= 4 is 29.2 Å². The number of urea groups is 1. The monoisotopic (exact) mass is 395 g/mol. The van der Waals surface area contributed by atoms with Crippen LogP contribution < -0.4 is 15.5 Å². The smallest absolute Gasteiger partial charge is 0.318 e. The van der Waals surface area contributed by atoms with Gasteiger partial charge in [0.15, 0.2) is 5.78 Å². The molecule has 29 heavy (non-hydrogen) atoms. The summed E-state index contributed by atoms with van der Waals surface area (Å²) in [5.41, 5.74) is 1.04. The van der Waals surface area contributed by atoms with Gasteiger partial charge in [0.1, 0.15) is 11.9 Å². The number of rotatable bonds is 5. The second-order valence-electron chi connectivity index (χ2n) is 6.96. The Hall–Kier alpha value is -3.42. The number of carbonyl (C=O) groups is 3. The van der Waals surface area contributed by atoms with Gasteiger partial charge in [0.25, 0.3) is 0 Å². The van der Waals surface area contributed by atoms with Crippen molar-refractivity contribution in [1.82, 2.24) is 15.2 Å². The number of nitrogens with zero attached hydrogens (tertiary/aromatic N) is 3. The molecule has 0 spiro atoms. The van der Waals surface area contributed by atoms with Gasteiger partial charge >= 0.3 is 6.03 Å². The number of hydrogen-bond acceptors (Lipinski definition) is 5. The molecular weight excluding hydrogens is 370 g/mol. The van der Waals surface area contributed by atoms with Gasteiger partial charge < -0.3 is 20.4 Å². The summed E-state index contributed by atoms with van der Waals surface area (Å²) < 4.78 is 0. The minimum Gasteiger partial charge on any atom is -0.353 e. The van der Waals surface area contributed by atoms with Crippen molar-refractivity contribution in [3.63, 3.8) is 0 Å². The third-order valence-electron chi connectivity index (χ3n) is 4.81. The van der Waals surface area contributed by atoms with Crippen LogP contribution in [0.1, 0.15) is 24.2 Å². The molecule has 1 aliphatic heterocycles. The molecule has 1 aliphatic rings. The standard InChI is InChI=1S/C21H25N5O3/c1-15(20(28)24-18-7-5-6-17(14-18)16(2)27)23-21(29)26-12-10-25(11-13-26)19-8-3-4-9-22-19/h3-9,14-15H,10-13H2,1-2H3,(H,23,29)(H,24,28)/t15-/m0/s1. The zero-order valence-electron chi connectivity index (χ0n) is 16.6. The second-order valence-corrected chi connectivity index (χ2v) is 6.96. The lowest BCUT2D eigenvalue weighted by Crippen LogP contribution is -2.54. The van der Waals surface area contributed by atoms with E-state index in [0.717, 1.165) is 5.82 Å². The zero-order chi connectivity index (χ0) is 20.8. The predicted molar refractivity (Wildman–Crippen MR) is 111 cm³/mol. The van der Waals surface area contributed by atoms with E-state index in [1.165, 1.54) is 6.92 Å². The topological polar surface area (TPSA) is 94.6 Å². The van der Waals surface area contributed by atoms with Crippen molar-refractivity contribution in [3.05, 3.63) is 54.2 Å². The molecule has 152 valence electrons. The van der Waals surface area contributed by atoms with Crippen LogP contribution in [0, 0.1) is 0 Å². The molecule has 2 heterocycles. The SMILES string of the molecule is CC(=O)c1cccc(NC(=O)[C@H](C)NC(=O)N2CCN(c3ccccn3)CC2)c1. The Kier molecular flexibility index (Phi) is 6.43. The summed E-state index contributed by atoms with van der Waals surface area (Å²) in [4.78, 5) is 44.5. The lowest BCUT2D eigenvalue weighted by atomic mass is 10.1. The molecule has 1 aromatic carbocycles. The first-order valence-electron chi connectivity index (χ1n) is 9.57. The predicted octanol–water partition coefficient (Wildman–Crippen LogP) is 2.14. The molecule has 0 radical (unpaired) electrons. The van der Waals surface area contributed by atoms with Gasteiger partial charge in [-0.2, -0.15) is 0 Å². The van der Waals surface area contributed by atoms with Gasteiger partial charge in [0.2, 0.25) is 5.91 Å². The van der Waals surface area contributed by atoms with Crippen molar-refractivity contribution in [2.75, 3.05) is 36.4 Å². The molecule has 0 aliphatic carbocycles. The first-order chi connectivity index (χ1) is 13.9. The van der Waals surface area contributed by atoms with E-state index < -0.39 is 6.04 Å². The molecular formula is C21H25N5O3. The first-order valence-corrected chi connectivity index (χ1v) is 9.57. The van der Waals surface area contributed by atoms with Crippen LogP contribution in [0.3, 0.4) is 0 Å². The van der Waals surface area contributed by atoms with Crippen molar-refractivity contribution in [2.45, 2.75) is 19.9 Å². The average Bonchev–Trinajstić information content (AvgIpc) is 2.74. The van der Waals surface area contributed by atoms with Crippen molar-refractivity contribution in [2.24, 2.45) is 0 Å². The minimum absolute atomic E-state index is 0.0766. The van der Waals surface area contributed by atoms with E-state index in [0.29, 0.717) is 37.4 Å². The number of aromatic nitrogens is 1. The van der Waals surface area contributed by atoms with E-state index in [-0.39, 0.29) is 17.7 Å². The van der Waals surface area contributed by atoms with Gasteiger partial charge in [-0.05, 0) is 38.1 Å². The van der Waals surface area contributed by atoms with Crippen LogP contribution in [0.25, 0.3) is 0 Å². The van der Waals surface area contributed by atoms with E-state index in [1.54, 1.807) is 42.3 Å². The van der Waals surface area contributed by atoms with Gasteiger partial charge in [-0.25, -0.2) is 9.78 Å². The minimum atomic E-state index is -0.711. The average molecular weight is 395 g/mol. The Bertz CT molecular complexity index is 879. The molecule has 0 bridgehead atoms. The van der Waals surface area contributed by atoms with Gasteiger partial charge in [-0.3, -0.25) is 9.59 Å². The summed E-state index contributed by atoms with van der Waals surface area (Å²) in [6.45, 7) is 5.57. The Morgan fingerprint density at radius 2 is 1.79 bits per heavy atom. The van der Waals surface area contributed by atoms with Crippen LogP contribution in [-0.4, -0.2) is 59.8 Å². The lowest BCUT2D eigenvalue weighted by molar-refractivity contribution is -0.117. The summed E-state index contributed by atoms with van der Waals surface area (Å²) >= 11 is 0. The van der Waals surface area contributed by atoms with Gasteiger partial charge in [-0.15, -0.1) is 0 Å². The summed E-state index contributed by atoms with van der Waals surface area (Å²) in [6.07, 6.45) is 1.75. The van der Waals surface area contributed by atoms with E-state index in [9.17, 15) is 14.4 Å². The molecule has 1 fully saturated rings.